The molecule has 0 aliphatic carbocycles. The lowest BCUT2D eigenvalue weighted by Crippen LogP contribution is -2.47. The summed E-state index contributed by atoms with van der Waals surface area (Å²) in [5, 5.41) is 0.342. The Bertz CT molecular complexity index is 1460. The summed E-state index contributed by atoms with van der Waals surface area (Å²) in [6.45, 7) is 33.2. The van der Waals surface area contributed by atoms with Gasteiger partial charge in [0.2, 0.25) is 19.5 Å². The van der Waals surface area contributed by atoms with E-state index in [-0.39, 0.29) is 0 Å². The zero-order chi connectivity index (χ0) is 35.6. The molecule has 0 bridgehead atoms. The number of aromatic nitrogens is 8. The van der Waals surface area contributed by atoms with E-state index in [1.54, 1.807) is 12.4 Å². The Morgan fingerprint density at radius 1 is 0.723 bits per heavy atom. The van der Waals surface area contributed by atoms with Gasteiger partial charge < -0.3 is 9.41 Å². The van der Waals surface area contributed by atoms with Gasteiger partial charge in [0.15, 0.2) is 0 Å². The molecule has 1 N–H and O–H groups in total. The molecule has 0 saturated carbocycles. The fourth-order valence-corrected chi connectivity index (χ4v) is 12.7. The van der Waals surface area contributed by atoms with Crippen LogP contribution in [0.2, 0.25) is 21.9 Å². The van der Waals surface area contributed by atoms with Gasteiger partial charge in [0.05, 0.1) is 6.61 Å². The summed E-state index contributed by atoms with van der Waals surface area (Å²) < 4.78 is 8.37. The minimum Gasteiger partial charge on any atom is -0.409 e. The van der Waals surface area contributed by atoms with Crippen LogP contribution in [0.1, 0.15) is 134 Å². The number of nitrogens with one attached hydrogen (secondary N) is 1. The van der Waals surface area contributed by atoms with Crippen LogP contribution in [0.5, 0.6) is 0 Å². The molecule has 0 aromatic carbocycles. The Morgan fingerprint density at radius 3 is 1.57 bits per heavy atom. The lowest BCUT2D eigenvalue weighted by Gasteiger charge is -2.41. The van der Waals surface area contributed by atoms with Gasteiger partial charge in [-0.05, 0) is 78.9 Å². The minimum atomic E-state index is -1.74. The molecule has 0 spiro atoms. The quantitative estimate of drug-likeness (QED) is 0.131. The van der Waals surface area contributed by atoms with Crippen LogP contribution >= 0.6 is 11.6 Å². The first-order valence-corrected chi connectivity index (χ1v) is 19.5. The summed E-state index contributed by atoms with van der Waals surface area (Å²) in [4.78, 5) is 29.1. The number of imidazole rings is 2. The molecule has 4 aromatic rings. The maximum atomic E-state index is 6.40. The second-order valence-corrected chi connectivity index (χ2v) is 19.5. The first-order valence-electron chi connectivity index (χ1n) is 17.0. The van der Waals surface area contributed by atoms with Gasteiger partial charge in [-0.2, -0.15) is 0 Å². The van der Waals surface area contributed by atoms with Crippen molar-refractivity contribution in [1.82, 2.24) is 39.5 Å². The molecular formula is C36H59ClN8OSi. The van der Waals surface area contributed by atoms with Gasteiger partial charge in [0.1, 0.15) is 11.6 Å². The standard InChI is InChI=1S/C14H20N4.C13H26N2OSi.C9H13ClN2/c1-6-12-15-7-8-18(12)14-16-10(4)13(9(2)3)11(5)17-14;1-10(2)17(11(3)4,12(5)6)16-9-13-14-7-8-15-13;1-5(2)8-6(3)11-9(10)12-7(8)4/h7-9H,6H2,1-5H3;7-8,10-12H,9H2,1-6H3,(H,14,15);5H,1-4H3. The Morgan fingerprint density at radius 2 is 1.19 bits per heavy atom. The number of aromatic amines is 1. The fraction of sp³-hybridized carbons (Fsp3) is 0.611. The SMILES string of the molecule is CC(C)[Si](OCc1ncc[nH]1)(C(C)C)C(C)C.CCc1nccn1-c1nc(C)c(C(C)C)c(C)n1.Cc1nc(Cl)nc(C)c1C(C)C. The molecular weight excluding hydrogens is 624 g/mol. The van der Waals surface area contributed by atoms with E-state index in [1.165, 1.54) is 11.1 Å². The van der Waals surface area contributed by atoms with Gasteiger partial charge in [-0.25, -0.2) is 29.9 Å². The maximum Gasteiger partial charge on any atom is 0.235 e. The summed E-state index contributed by atoms with van der Waals surface area (Å²) in [6, 6.07) is 0. The van der Waals surface area contributed by atoms with Crippen LogP contribution in [-0.4, -0.2) is 47.8 Å². The minimum absolute atomic E-state index is 0.342. The number of halogens is 1. The average Bonchev–Trinajstić information content (AvgIpc) is 3.64. The van der Waals surface area contributed by atoms with Gasteiger partial charge in [0.25, 0.3) is 0 Å². The smallest absolute Gasteiger partial charge is 0.235 e. The number of rotatable bonds is 10. The van der Waals surface area contributed by atoms with E-state index in [4.69, 9.17) is 16.0 Å². The normalized spacial score (nSPS) is 11.8. The first-order chi connectivity index (χ1) is 22.0. The molecule has 0 amide bonds. The molecule has 9 nitrogen and oxygen atoms in total. The predicted molar refractivity (Wildman–Crippen MR) is 197 cm³/mol. The largest absolute Gasteiger partial charge is 0.409 e. The molecule has 11 heteroatoms. The molecule has 0 aliphatic heterocycles. The van der Waals surface area contributed by atoms with E-state index in [2.05, 4.69) is 125 Å². The van der Waals surface area contributed by atoms with Gasteiger partial charge in [-0.15, -0.1) is 0 Å². The second kappa shape index (κ2) is 18.0. The zero-order valence-corrected chi connectivity index (χ0v) is 33.3. The van der Waals surface area contributed by atoms with Crippen LogP contribution in [0, 0.1) is 27.7 Å². The van der Waals surface area contributed by atoms with Crippen molar-refractivity contribution in [3.8, 4) is 5.95 Å². The summed E-state index contributed by atoms with van der Waals surface area (Å²) in [5.74, 6) is 3.56. The van der Waals surface area contributed by atoms with Crippen LogP contribution in [0.4, 0.5) is 0 Å². The lowest BCUT2D eigenvalue weighted by molar-refractivity contribution is 0.258. The van der Waals surface area contributed by atoms with Crippen molar-refractivity contribution in [2.75, 3.05) is 0 Å². The highest BCUT2D eigenvalue weighted by Crippen LogP contribution is 2.42. The molecule has 0 radical (unpaired) electrons. The van der Waals surface area contributed by atoms with Crippen LogP contribution in [0.25, 0.3) is 5.95 Å². The van der Waals surface area contributed by atoms with Crippen LogP contribution < -0.4 is 0 Å². The Hall–Kier alpha value is -2.95. The summed E-state index contributed by atoms with van der Waals surface area (Å²) >= 11 is 5.70. The van der Waals surface area contributed by atoms with Crippen LogP contribution in [-0.2, 0) is 17.5 Å². The monoisotopic (exact) mass is 682 g/mol. The highest BCUT2D eigenvalue weighted by atomic mass is 35.5. The highest BCUT2D eigenvalue weighted by Gasteiger charge is 2.45. The van der Waals surface area contributed by atoms with Crippen LogP contribution in [0.15, 0.2) is 24.8 Å². The number of hydrogen-bond donors (Lipinski definition) is 1. The first kappa shape index (κ1) is 40.2. The van der Waals surface area contributed by atoms with Gasteiger partial charge >= 0.3 is 0 Å². The summed E-state index contributed by atoms with van der Waals surface area (Å²) in [7, 11) is -1.74. The van der Waals surface area contributed by atoms with E-state index >= 15 is 0 Å². The van der Waals surface area contributed by atoms with E-state index in [1.807, 2.05) is 30.8 Å². The van der Waals surface area contributed by atoms with Crippen LogP contribution in [0.3, 0.4) is 0 Å². The molecule has 0 saturated heterocycles. The maximum absolute atomic E-state index is 6.40. The van der Waals surface area contributed by atoms with Crippen molar-refractivity contribution in [1.29, 1.82) is 0 Å². The Kier molecular flexibility index (Phi) is 15.4. The number of nitrogens with zero attached hydrogens (tertiary/aromatic N) is 7. The second-order valence-electron chi connectivity index (χ2n) is 13.7. The average molecular weight is 683 g/mol. The number of H-pyrrole nitrogens is 1. The zero-order valence-electron chi connectivity index (χ0n) is 31.5. The third-order valence-electron chi connectivity index (χ3n) is 8.74. The molecule has 260 valence electrons. The Balaban J connectivity index is 0.000000250. The van der Waals surface area contributed by atoms with E-state index < -0.39 is 8.32 Å². The predicted octanol–water partition coefficient (Wildman–Crippen LogP) is 9.94. The van der Waals surface area contributed by atoms with Crippen molar-refractivity contribution in [3.05, 3.63) is 75.6 Å². The summed E-state index contributed by atoms with van der Waals surface area (Å²) in [6.07, 6.45) is 8.22. The van der Waals surface area contributed by atoms with Crippen molar-refractivity contribution in [2.24, 2.45) is 0 Å². The molecule has 0 aliphatic rings. The van der Waals surface area contributed by atoms with E-state index in [0.717, 1.165) is 46.8 Å². The van der Waals surface area contributed by atoms with Crippen molar-refractivity contribution < 1.29 is 4.43 Å². The van der Waals surface area contributed by atoms with Gasteiger partial charge in [-0.1, -0.05) is 76.2 Å². The molecule has 0 unspecified atom stereocenters. The molecule has 47 heavy (non-hydrogen) atoms. The van der Waals surface area contributed by atoms with E-state index in [9.17, 15) is 0 Å². The lowest BCUT2D eigenvalue weighted by atomic mass is 10.0. The topological polar surface area (TPSA) is 107 Å². The molecule has 4 rings (SSSR count). The van der Waals surface area contributed by atoms with Crippen molar-refractivity contribution >= 4 is 19.9 Å². The highest BCUT2D eigenvalue weighted by molar-refractivity contribution is 6.77. The van der Waals surface area contributed by atoms with Gasteiger partial charge in [0, 0.05) is 54.0 Å². The number of aryl methyl sites for hydroxylation is 5. The summed E-state index contributed by atoms with van der Waals surface area (Å²) in [5.41, 5.74) is 8.42. The third kappa shape index (κ3) is 10.3. The molecule has 0 atom stereocenters. The third-order valence-corrected chi connectivity index (χ3v) is 15.0. The molecule has 4 aromatic heterocycles. The van der Waals surface area contributed by atoms with Gasteiger partial charge in [-0.3, -0.25) is 4.57 Å². The van der Waals surface area contributed by atoms with Crippen molar-refractivity contribution in [3.63, 3.8) is 0 Å². The molecule has 4 heterocycles. The van der Waals surface area contributed by atoms with Crippen molar-refractivity contribution in [2.45, 2.75) is 145 Å². The Labute approximate surface area is 290 Å². The fourth-order valence-electron chi connectivity index (χ4n) is 7.02. The van der Waals surface area contributed by atoms with E-state index in [0.29, 0.717) is 40.3 Å². The number of hydrogen-bond acceptors (Lipinski definition) is 7. The molecule has 0 fully saturated rings.